The molecule has 0 heterocycles. The van der Waals surface area contributed by atoms with Crippen LogP contribution in [-0.2, 0) is 0 Å². The Morgan fingerprint density at radius 1 is 1.69 bits per heavy atom. The molecule has 0 amide bonds. The molecule has 0 aliphatic heterocycles. The maximum absolute atomic E-state index is 9.49. The van der Waals surface area contributed by atoms with Crippen LogP contribution in [0.1, 0.15) is 39.0 Å². The van der Waals surface area contributed by atoms with Gasteiger partial charge in [0.15, 0.2) is 0 Å². The van der Waals surface area contributed by atoms with Gasteiger partial charge in [0.2, 0.25) is 0 Å². The minimum atomic E-state index is -0.218. The van der Waals surface area contributed by atoms with Crippen molar-refractivity contribution >= 4 is 0 Å². The van der Waals surface area contributed by atoms with Crippen molar-refractivity contribution in [1.29, 1.82) is 0 Å². The van der Waals surface area contributed by atoms with Crippen LogP contribution in [0.25, 0.3) is 0 Å². The molecule has 1 aliphatic rings. The number of aliphatic hydroxyl groups is 1. The Bertz CT molecular complexity index is 222. The van der Waals surface area contributed by atoms with E-state index >= 15 is 0 Å². The molecule has 0 aromatic rings. The number of hydrogen-bond donors (Lipinski definition) is 1. The van der Waals surface area contributed by atoms with Crippen LogP contribution in [0.2, 0.25) is 0 Å². The van der Waals surface area contributed by atoms with Crippen LogP contribution in [0.5, 0.6) is 0 Å². The fourth-order valence-electron chi connectivity index (χ4n) is 1.95. The molecular weight excluding hydrogens is 160 g/mol. The summed E-state index contributed by atoms with van der Waals surface area (Å²) in [6.45, 7) is 2.19. The van der Waals surface area contributed by atoms with Gasteiger partial charge >= 0.3 is 0 Å². The number of rotatable bonds is 3. The zero-order valence-electron chi connectivity index (χ0n) is 8.29. The molecule has 1 rings (SSSR count). The smallest absolute Gasteiger partial charge is 0.0726 e. The predicted molar refractivity (Wildman–Crippen MR) is 55.2 cm³/mol. The molecule has 1 heteroatoms. The molecule has 0 saturated heterocycles. The monoisotopic (exact) mass is 178 g/mol. The first-order chi connectivity index (χ1) is 6.22. The van der Waals surface area contributed by atoms with Crippen LogP contribution in [0.3, 0.4) is 0 Å². The van der Waals surface area contributed by atoms with Gasteiger partial charge in [0.05, 0.1) is 6.10 Å². The van der Waals surface area contributed by atoms with Crippen molar-refractivity contribution in [2.45, 2.75) is 45.1 Å². The zero-order valence-corrected chi connectivity index (χ0v) is 8.29. The van der Waals surface area contributed by atoms with E-state index in [1.165, 1.54) is 5.57 Å². The fraction of sp³-hybridized carbons (Fsp3) is 0.667. The first kappa shape index (κ1) is 10.3. The Balaban J connectivity index is 2.36. The minimum Gasteiger partial charge on any atom is -0.389 e. The molecule has 1 aliphatic carbocycles. The lowest BCUT2D eigenvalue weighted by atomic mass is 9.86. The van der Waals surface area contributed by atoms with Crippen LogP contribution in [0, 0.1) is 18.3 Å². The van der Waals surface area contributed by atoms with E-state index in [-0.39, 0.29) is 6.10 Å². The fourth-order valence-corrected chi connectivity index (χ4v) is 1.95. The molecule has 0 bridgehead atoms. The molecule has 0 aromatic carbocycles. The summed E-state index contributed by atoms with van der Waals surface area (Å²) >= 11 is 0. The van der Waals surface area contributed by atoms with Gasteiger partial charge in [-0.2, -0.15) is 0 Å². The summed E-state index contributed by atoms with van der Waals surface area (Å²) in [5.74, 6) is 3.27. The minimum absolute atomic E-state index is 0.218. The lowest BCUT2D eigenvalue weighted by molar-refractivity contribution is 0.179. The second-order valence-electron chi connectivity index (χ2n) is 3.99. The van der Waals surface area contributed by atoms with Gasteiger partial charge in [0.25, 0.3) is 0 Å². The number of terminal acetylenes is 1. The van der Waals surface area contributed by atoms with Crippen LogP contribution in [0.15, 0.2) is 11.6 Å². The average molecular weight is 178 g/mol. The van der Waals surface area contributed by atoms with Crippen molar-refractivity contribution in [2.24, 2.45) is 5.92 Å². The number of allylic oxidation sites excluding steroid dienone is 1. The normalized spacial score (nSPS) is 27.9. The summed E-state index contributed by atoms with van der Waals surface area (Å²) in [5, 5.41) is 9.49. The topological polar surface area (TPSA) is 20.2 Å². The van der Waals surface area contributed by atoms with Crippen LogP contribution in [-0.4, -0.2) is 11.2 Å². The van der Waals surface area contributed by atoms with E-state index in [1.54, 1.807) is 0 Å². The molecule has 0 aromatic heterocycles. The lowest BCUT2D eigenvalue weighted by Crippen LogP contribution is -2.15. The highest BCUT2D eigenvalue weighted by molar-refractivity contribution is 5.10. The molecule has 2 atom stereocenters. The van der Waals surface area contributed by atoms with E-state index in [0.717, 1.165) is 32.1 Å². The summed E-state index contributed by atoms with van der Waals surface area (Å²) in [5.41, 5.74) is 1.39. The van der Waals surface area contributed by atoms with E-state index < -0.39 is 0 Å². The van der Waals surface area contributed by atoms with Crippen LogP contribution in [0.4, 0.5) is 0 Å². The highest BCUT2D eigenvalue weighted by Crippen LogP contribution is 2.26. The lowest BCUT2D eigenvalue weighted by Gasteiger charge is -2.22. The highest BCUT2D eigenvalue weighted by Gasteiger charge is 2.16. The summed E-state index contributed by atoms with van der Waals surface area (Å²) in [6, 6.07) is 0. The Morgan fingerprint density at radius 3 is 3.08 bits per heavy atom. The molecule has 1 nitrogen and oxygen atoms in total. The molecule has 0 radical (unpaired) electrons. The largest absolute Gasteiger partial charge is 0.389 e. The van der Waals surface area contributed by atoms with Gasteiger partial charge in [-0.15, -0.1) is 12.3 Å². The zero-order chi connectivity index (χ0) is 9.68. The predicted octanol–water partition coefficient (Wildman–Crippen LogP) is 2.51. The maximum Gasteiger partial charge on any atom is 0.0726 e. The summed E-state index contributed by atoms with van der Waals surface area (Å²) in [7, 11) is 0. The van der Waals surface area contributed by atoms with E-state index in [2.05, 4.69) is 12.8 Å². The molecule has 72 valence electrons. The molecule has 2 unspecified atom stereocenters. The van der Waals surface area contributed by atoms with Crippen molar-refractivity contribution in [1.82, 2.24) is 0 Å². The Morgan fingerprint density at radius 2 is 2.46 bits per heavy atom. The standard InChI is InChI=1S/C12H18O/c1-3-4-5-6-11-7-10(2)8-12(13)9-11/h1,9-10,12-13H,4-8H2,2H3. The SMILES string of the molecule is C#CCCCC1=CC(O)CC(C)C1. The van der Waals surface area contributed by atoms with Gasteiger partial charge in [-0.25, -0.2) is 0 Å². The third kappa shape index (κ3) is 3.65. The molecular formula is C12H18O. The third-order valence-electron chi connectivity index (χ3n) is 2.50. The van der Waals surface area contributed by atoms with Crippen molar-refractivity contribution in [3.63, 3.8) is 0 Å². The van der Waals surface area contributed by atoms with Gasteiger partial charge in [-0.3, -0.25) is 0 Å². The summed E-state index contributed by atoms with van der Waals surface area (Å²) < 4.78 is 0. The highest BCUT2D eigenvalue weighted by atomic mass is 16.3. The van der Waals surface area contributed by atoms with Crippen molar-refractivity contribution in [3.8, 4) is 12.3 Å². The number of hydrogen-bond acceptors (Lipinski definition) is 1. The van der Waals surface area contributed by atoms with Gasteiger partial charge in [0.1, 0.15) is 0 Å². The van der Waals surface area contributed by atoms with Gasteiger partial charge in [0, 0.05) is 6.42 Å². The molecule has 13 heavy (non-hydrogen) atoms. The third-order valence-corrected chi connectivity index (χ3v) is 2.50. The van der Waals surface area contributed by atoms with Gasteiger partial charge < -0.3 is 5.11 Å². The molecule has 0 fully saturated rings. The maximum atomic E-state index is 9.49. The van der Waals surface area contributed by atoms with E-state index in [1.807, 2.05) is 6.08 Å². The second kappa shape index (κ2) is 5.09. The Kier molecular flexibility index (Phi) is 4.05. The van der Waals surface area contributed by atoms with Crippen LogP contribution >= 0.6 is 0 Å². The number of aliphatic hydroxyl groups excluding tert-OH is 1. The van der Waals surface area contributed by atoms with Gasteiger partial charge in [-0.1, -0.05) is 18.6 Å². The first-order valence-electron chi connectivity index (χ1n) is 5.03. The molecule has 1 N–H and O–H groups in total. The van der Waals surface area contributed by atoms with E-state index in [9.17, 15) is 5.11 Å². The van der Waals surface area contributed by atoms with Crippen molar-refractivity contribution in [3.05, 3.63) is 11.6 Å². The second-order valence-corrected chi connectivity index (χ2v) is 3.99. The van der Waals surface area contributed by atoms with Gasteiger partial charge in [-0.05, 0) is 31.6 Å². The molecule has 0 spiro atoms. The van der Waals surface area contributed by atoms with E-state index in [4.69, 9.17) is 6.42 Å². The van der Waals surface area contributed by atoms with Crippen molar-refractivity contribution in [2.75, 3.05) is 0 Å². The Labute approximate surface area is 80.9 Å². The van der Waals surface area contributed by atoms with Crippen molar-refractivity contribution < 1.29 is 5.11 Å². The number of unbranched alkanes of at least 4 members (excludes halogenated alkanes) is 1. The van der Waals surface area contributed by atoms with E-state index in [0.29, 0.717) is 5.92 Å². The quantitative estimate of drug-likeness (QED) is 0.400. The summed E-state index contributed by atoms with van der Waals surface area (Å²) in [6.07, 6.45) is 12.0. The van der Waals surface area contributed by atoms with Crippen LogP contribution < -0.4 is 0 Å². The first-order valence-corrected chi connectivity index (χ1v) is 5.03. The molecule has 0 saturated carbocycles. The average Bonchev–Trinajstić information content (AvgIpc) is 2.03. The Hall–Kier alpha value is -0.740. The summed E-state index contributed by atoms with van der Waals surface area (Å²) in [4.78, 5) is 0.